The van der Waals surface area contributed by atoms with Gasteiger partial charge in [0, 0.05) is 13.1 Å². The van der Waals surface area contributed by atoms with Crippen LogP contribution in [0.4, 0.5) is 5.69 Å². The average Bonchev–Trinajstić information content (AvgIpc) is 2.46. The minimum absolute atomic E-state index is 0.117. The maximum absolute atomic E-state index is 11.7. The third-order valence-corrected chi connectivity index (χ3v) is 3.28. The Balaban J connectivity index is 2.16. The minimum Gasteiger partial charge on any atom is -0.465 e. The number of piperidine rings is 1. The highest BCUT2D eigenvalue weighted by Gasteiger charge is 2.22. The molecule has 2 N–H and O–H groups in total. The van der Waals surface area contributed by atoms with Gasteiger partial charge in [0.15, 0.2) is 0 Å². The van der Waals surface area contributed by atoms with Gasteiger partial charge in [-0.25, -0.2) is 10.7 Å². The van der Waals surface area contributed by atoms with Gasteiger partial charge < -0.3 is 14.5 Å². The van der Waals surface area contributed by atoms with E-state index in [-0.39, 0.29) is 12.1 Å². The predicted molar refractivity (Wildman–Crippen MR) is 68.3 cm³/mol. The second-order valence-corrected chi connectivity index (χ2v) is 4.33. The molecule has 5 nitrogen and oxygen atoms in total. The third kappa shape index (κ3) is 2.63. The van der Waals surface area contributed by atoms with Crippen molar-refractivity contribution in [3.63, 3.8) is 0 Å². The molecule has 1 saturated heterocycles. The fourth-order valence-electron chi connectivity index (χ4n) is 2.26. The maximum Gasteiger partial charge on any atom is 0.339 e. The van der Waals surface area contributed by atoms with Gasteiger partial charge in [0.1, 0.15) is 0 Å². The molecule has 1 aliphatic heterocycles. The number of hydrogen-bond acceptors (Lipinski definition) is 5. The molecule has 1 aromatic carbocycles. The lowest BCUT2D eigenvalue weighted by molar-refractivity contribution is 0.0367. The molecular weight excluding hydrogens is 232 g/mol. The molecule has 1 fully saturated rings. The van der Waals surface area contributed by atoms with Crippen LogP contribution in [0, 0.1) is 0 Å². The fraction of sp³-hybridized carbons (Fsp3) is 0.462. The molecule has 0 aromatic heterocycles. The zero-order valence-corrected chi connectivity index (χ0v) is 10.5. The van der Waals surface area contributed by atoms with Crippen LogP contribution in [-0.4, -0.2) is 32.3 Å². The van der Waals surface area contributed by atoms with Gasteiger partial charge in [0.25, 0.3) is 0 Å². The number of nitrogens with zero attached hydrogens (tertiary/aromatic N) is 1. The molecule has 0 aliphatic carbocycles. The molecule has 18 heavy (non-hydrogen) atoms. The van der Waals surface area contributed by atoms with E-state index in [1.165, 1.54) is 7.11 Å². The van der Waals surface area contributed by atoms with Gasteiger partial charge in [-0.1, -0.05) is 12.1 Å². The van der Waals surface area contributed by atoms with E-state index in [2.05, 4.69) is 4.90 Å². The highest BCUT2D eigenvalue weighted by molar-refractivity contribution is 5.95. The van der Waals surface area contributed by atoms with Crippen molar-refractivity contribution in [1.82, 2.24) is 0 Å². The van der Waals surface area contributed by atoms with Crippen molar-refractivity contribution >= 4 is 11.7 Å². The number of benzene rings is 1. The maximum atomic E-state index is 11.7. The van der Waals surface area contributed by atoms with E-state index in [0.717, 1.165) is 31.6 Å². The molecule has 0 bridgehead atoms. The molecule has 0 spiro atoms. The van der Waals surface area contributed by atoms with Crippen LogP contribution >= 0.6 is 0 Å². The zero-order chi connectivity index (χ0) is 13.0. The van der Waals surface area contributed by atoms with Crippen molar-refractivity contribution in [1.29, 1.82) is 0 Å². The summed E-state index contributed by atoms with van der Waals surface area (Å²) < 4.78 is 4.80. The summed E-state index contributed by atoms with van der Waals surface area (Å²) in [6.07, 6.45) is 1.85. The largest absolute Gasteiger partial charge is 0.465 e. The van der Waals surface area contributed by atoms with Crippen molar-refractivity contribution in [2.75, 3.05) is 25.1 Å². The first-order chi connectivity index (χ1) is 8.76. The Morgan fingerprint density at radius 2 is 2.00 bits per heavy atom. The highest BCUT2D eigenvalue weighted by Crippen LogP contribution is 2.25. The first kappa shape index (κ1) is 12.9. The average molecular weight is 250 g/mol. The molecule has 0 amide bonds. The highest BCUT2D eigenvalue weighted by atomic mass is 16.6. The van der Waals surface area contributed by atoms with E-state index in [1.54, 1.807) is 6.07 Å². The SMILES string of the molecule is COC(=O)c1ccccc1N1CCC(ON)CC1. The lowest BCUT2D eigenvalue weighted by Crippen LogP contribution is -2.38. The molecule has 0 unspecified atom stereocenters. The summed E-state index contributed by atoms with van der Waals surface area (Å²) in [5.41, 5.74) is 1.52. The molecule has 5 heteroatoms. The molecule has 2 rings (SSSR count). The number of carbonyl (C=O) groups is 1. The second-order valence-electron chi connectivity index (χ2n) is 4.33. The van der Waals surface area contributed by atoms with Crippen LogP contribution in [0.1, 0.15) is 23.2 Å². The Kier molecular flexibility index (Phi) is 4.17. The molecule has 0 radical (unpaired) electrons. The van der Waals surface area contributed by atoms with Gasteiger partial charge in [-0.15, -0.1) is 0 Å². The third-order valence-electron chi connectivity index (χ3n) is 3.28. The lowest BCUT2D eigenvalue weighted by atomic mass is 10.1. The predicted octanol–water partition coefficient (Wildman–Crippen LogP) is 1.33. The van der Waals surface area contributed by atoms with Crippen molar-refractivity contribution in [3.8, 4) is 0 Å². The number of carbonyl (C=O) groups excluding carboxylic acids is 1. The molecular formula is C13H18N2O3. The van der Waals surface area contributed by atoms with E-state index >= 15 is 0 Å². The smallest absolute Gasteiger partial charge is 0.339 e. The standard InChI is InChI=1S/C13H18N2O3/c1-17-13(16)11-4-2-3-5-12(11)15-8-6-10(18-14)7-9-15/h2-5,10H,6-9,14H2,1H3. The van der Waals surface area contributed by atoms with Gasteiger partial charge in [0.2, 0.25) is 0 Å². The van der Waals surface area contributed by atoms with Crippen LogP contribution in [0.3, 0.4) is 0 Å². The van der Waals surface area contributed by atoms with Gasteiger partial charge in [-0.2, -0.15) is 0 Å². The number of anilines is 1. The van der Waals surface area contributed by atoms with Crippen LogP contribution in [0.5, 0.6) is 0 Å². The van der Waals surface area contributed by atoms with Crippen LogP contribution < -0.4 is 10.8 Å². The van der Waals surface area contributed by atoms with Gasteiger partial charge >= 0.3 is 5.97 Å². The fourth-order valence-corrected chi connectivity index (χ4v) is 2.26. The Morgan fingerprint density at radius 1 is 1.33 bits per heavy atom. The van der Waals surface area contributed by atoms with E-state index in [4.69, 9.17) is 15.5 Å². The summed E-state index contributed by atoms with van der Waals surface area (Å²) in [5.74, 6) is 4.89. The summed E-state index contributed by atoms with van der Waals surface area (Å²) in [6, 6.07) is 7.49. The Hall–Kier alpha value is -1.59. The summed E-state index contributed by atoms with van der Waals surface area (Å²) in [6.45, 7) is 1.66. The van der Waals surface area contributed by atoms with Crippen LogP contribution in [-0.2, 0) is 9.57 Å². The minimum atomic E-state index is -0.303. The number of esters is 1. The van der Waals surface area contributed by atoms with Crippen molar-refractivity contribution in [2.24, 2.45) is 5.90 Å². The molecule has 1 heterocycles. The number of ether oxygens (including phenoxy) is 1. The number of methoxy groups -OCH3 is 1. The second kappa shape index (κ2) is 5.84. The Morgan fingerprint density at radius 3 is 2.61 bits per heavy atom. The topological polar surface area (TPSA) is 64.8 Å². The molecule has 98 valence electrons. The summed E-state index contributed by atoms with van der Waals surface area (Å²) in [5, 5.41) is 0. The number of nitrogens with two attached hydrogens (primary N) is 1. The number of para-hydroxylation sites is 1. The Bertz CT molecular complexity index is 414. The van der Waals surface area contributed by atoms with Gasteiger partial charge in [-0.05, 0) is 25.0 Å². The summed E-state index contributed by atoms with van der Waals surface area (Å²) in [4.78, 5) is 18.7. The summed E-state index contributed by atoms with van der Waals surface area (Å²) >= 11 is 0. The molecule has 1 aliphatic rings. The van der Waals surface area contributed by atoms with E-state index in [0.29, 0.717) is 5.56 Å². The van der Waals surface area contributed by atoms with Crippen LogP contribution in [0.25, 0.3) is 0 Å². The van der Waals surface area contributed by atoms with E-state index < -0.39 is 0 Å². The monoisotopic (exact) mass is 250 g/mol. The molecule has 0 atom stereocenters. The zero-order valence-electron chi connectivity index (χ0n) is 10.5. The lowest BCUT2D eigenvalue weighted by Gasteiger charge is -2.33. The first-order valence-electron chi connectivity index (χ1n) is 6.04. The first-order valence-corrected chi connectivity index (χ1v) is 6.04. The van der Waals surface area contributed by atoms with Crippen LogP contribution in [0.2, 0.25) is 0 Å². The number of rotatable bonds is 3. The molecule has 0 saturated carbocycles. The Labute approximate surface area is 106 Å². The van der Waals surface area contributed by atoms with Gasteiger partial charge in [-0.3, -0.25) is 0 Å². The van der Waals surface area contributed by atoms with Crippen molar-refractivity contribution < 1.29 is 14.4 Å². The normalized spacial score (nSPS) is 16.7. The van der Waals surface area contributed by atoms with Crippen molar-refractivity contribution in [2.45, 2.75) is 18.9 Å². The van der Waals surface area contributed by atoms with E-state index in [9.17, 15) is 4.79 Å². The van der Waals surface area contributed by atoms with Crippen LogP contribution in [0.15, 0.2) is 24.3 Å². The molecule has 1 aromatic rings. The quantitative estimate of drug-likeness (QED) is 0.647. The van der Waals surface area contributed by atoms with E-state index in [1.807, 2.05) is 18.2 Å². The van der Waals surface area contributed by atoms with Gasteiger partial charge in [0.05, 0.1) is 24.5 Å². The summed E-state index contributed by atoms with van der Waals surface area (Å²) in [7, 11) is 1.40. The number of hydrogen-bond donors (Lipinski definition) is 1. The van der Waals surface area contributed by atoms with Crippen molar-refractivity contribution in [3.05, 3.63) is 29.8 Å².